The van der Waals surface area contributed by atoms with Crippen LogP contribution < -0.4 is 5.32 Å². The number of aromatic nitrogens is 2. The Hall–Kier alpha value is -0.390. The van der Waals surface area contributed by atoms with Crippen LogP contribution in [0.1, 0.15) is 19.8 Å². The predicted octanol–water partition coefficient (Wildman–Crippen LogP) is 3.12. The Balaban J connectivity index is 2.23. The Bertz CT molecular complexity index is 325. The van der Waals surface area contributed by atoms with E-state index < -0.39 is 0 Å². The normalized spacial score (nSPS) is 10.4. The van der Waals surface area contributed by atoms with Crippen LogP contribution in [0.2, 0.25) is 5.28 Å². The topological polar surface area (TPSA) is 47.0 Å². The number of hydrogen-bond donors (Lipinski definition) is 1. The molecule has 1 aromatic rings. The molecule has 0 aromatic carbocycles. The van der Waals surface area contributed by atoms with Crippen LogP contribution in [-0.2, 0) is 4.74 Å². The largest absolute Gasteiger partial charge is 0.381 e. The molecule has 1 N–H and O–H groups in total. The summed E-state index contributed by atoms with van der Waals surface area (Å²) < 4.78 is 6.18. The lowest BCUT2D eigenvalue weighted by Gasteiger charge is -2.07. The number of ether oxygens (including phenoxy) is 1. The second kappa shape index (κ2) is 7.81. The SMILES string of the molecule is CCCOCCCNc1nc(Cl)ncc1Br. The summed E-state index contributed by atoms with van der Waals surface area (Å²) in [6, 6.07) is 0. The first-order valence-electron chi connectivity index (χ1n) is 5.23. The van der Waals surface area contributed by atoms with Crippen LogP contribution in [0.3, 0.4) is 0 Å². The van der Waals surface area contributed by atoms with Crippen molar-refractivity contribution in [2.45, 2.75) is 19.8 Å². The number of nitrogens with zero attached hydrogens (tertiary/aromatic N) is 2. The van der Waals surface area contributed by atoms with Gasteiger partial charge in [0, 0.05) is 26.0 Å². The van der Waals surface area contributed by atoms with E-state index in [0.717, 1.165) is 42.9 Å². The highest BCUT2D eigenvalue weighted by atomic mass is 79.9. The van der Waals surface area contributed by atoms with Crippen molar-refractivity contribution in [3.05, 3.63) is 16.0 Å². The molecule has 0 fully saturated rings. The maximum atomic E-state index is 5.69. The summed E-state index contributed by atoms with van der Waals surface area (Å²) in [7, 11) is 0. The molecule has 0 saturated carbocycles. The zero-order valence-electron chi connectivity index (χ0n) is 9.17. The van der Waals surface area contributed by atoms with Gasteiger partial charge in [-0.05, 0) is 40.4 Å². The van der Waals surface area contributed by atoms with Gasteiger partial charge in [-0.1, -0.05) is 6.92 Å². The van der Waals surface area contributed by atoms with Crippen molar-refractivity contribution in [1.82, 2.24) is 9.97 Å². The molecule has 6 heteroatoms. The second-order valence-electron chi connectivity index (χ2n) is 3.23. The molecule has 0 radical (unpaired) electrons. The van der Waals surface area contributed by atoms with Gasteiger partial charge < -0.3 is 10.1 Å². The van der Waals surface area contributed by atoms with E-state index in [1.54, 1.807) is 6.20 Å². The van der Waals surface area contributed by atoms with Gasteiger partial charge in [0.05, 0.1) is 4.47 Å². The number of anilines is 1. The molecule has 0 aliphatic heterocycles. The average molecular weight is 309 g/mol. The molecule has 16 heavy (non-hydrogen) atoms. The third-order valence-corrected chi connectivity index (χ3v) is 2.58. The van der Waals surface area contributed by atoms with E-state index in [4.69, 9.17) is 16.3 Å². The van der Waals surface area contributed by atoms with Crippen molar-refractivity contribution >= 4 is 33.3 Å². The summed E-state index contributed by atoms with van der Waals surface area (Å²) in [6.45, 7) is 4.48. The molecule has 0 spiro atoms. The van der Waals surface area contributed by atoms with Crippen molar-refractivity contribution in [3.63, 3.8) is 0 Å². The zero-order valence-corrected chi connectivity index (χ0v) is 11.5. The van der Waals surface area contributed by atoms with E-state index in [0.29, 0.717) is 0 Å². The maximum absolute atomic E-state index is 5.69. The van der Waals surface area contributed by atoms with Crippen LogP contribution in [0.25, 0.3) is 0 Å². The highest BCUT2D eigenvalue weighted by Crippen LogP contribution is 2.19. The molecule has 90 valence electrons. The van der Waals surface area contributed by atoms with Crippen LogP contribution in [0.4, 0.5) is 5.82 Å². The third kappa shape index (κ3) is 5.09. The monoisotopic (exact) mass is 307 g/mol. The van der Waals surface area contributed by atoms with E-state index in [1.807, 2.05) is 0 Å². The Morgan fingerprint density at radius 2 is 2.31 bits per heavy atom. The summed E-state index contributed by atoms with van der Waals surface area (Å²) in [5.74, 6) is 0.718. The van der Waals surface area contributed by atoms with Crippen LogP contribution in [0.5, 0.6) is 0 Å². The quantitative estimate of drug-likeness (QED) is 0.621. The lowest BCUT2D eigenvalue weighted by Crippen LogP contribution is -2.08. The molecular weight excluding hydrogens is 293 g/mol. The van der Waals surface area contributed by atoms with Crippen LogP contribution >= 0.6 is 27.5 Å². The fourth-order valence-electron chi connectivity index (χ4n) is 1.10. The van der Waals surface area contributed by atoms with Gasteiger partial charge in [-0.2, -0.15) is 4.98 Å². The number of nitrogens with one attached hydrogen (secondary N) is 1. The summed E-state index contributed by atoms with van der Waals surface area (Å²) in [6.07, 6.45) is 3.62. The van der Waals surface area contributed by atoms with E-state index in [2.05, 4.69) is 38.1 Å². The van der Waals surface area contributed by atoms with Gasteiger partial charge in [-0.15, -0.1) is 0 Å². The Morgan fingerprint density at radius 3 is 3.06 bits per heavy atom. The fraction of sp³-hybridized carbons (Fsp3) is 0.600. The minimum atomic E-state index is 0.243. The highest BCUT2D eigenvalue weighted by molar-refractivity contribution is 9.10. The molecule has 1 aromatic heterocycles. The first-order chi connectivity index (χ1) is 7.74. The molecule has 1 heterocycles. The third-order valence-electron chi connectivity index (χ3n) is 1.82. The van der Waals surface area contributed by atoms with E-state index in [1.165, 1.54) is 0 Å². The number of halogens is 2. The summed E-state index contributed by atoms with van der Waals surface area (Å²) in [4.78, 5) is 7.91. The van der Waals surface area contributed by atoms with Crippen LogP contribution in [0.15, 0.2) is 10.7 Å². The molecule has 0 bridgehead atoms. The van der Waals surface area contributed by atoms with Gasteiger partial charge in [0.2, 0.25) is 5.28 Å². The summed E-state index contributed by atoms with van der Waals surface area (Å²) in [5, 5.41) is 3.41. The highest BCUT2D eigenvalue weighted by Gasteiger charge is 2.02. The standard InChI is InChI=1S/C10H15BrClN3O/c1-2-5-16-6-3-4-13-9-8(11)7-14-10(12)15-9/h7H,2-6H2,1H3,(H,13,14,15). The van der Waals surface area contributed by atoms with Gasteiger partial charge in [0.25, 0.3) is 0 Å². The van der Waals surface area contributed by atoms with Gasteiger partial charge in [-0.3, -0.25) is 0 Å². The van der Waals surface area contributed by atoms with Gasteiger partial charge >= 0.3 is 0 Å². The Labute approximate surface area is 109 Å². The molecule has 0 aliphatic rings. The van der Waals surface area contributed by atoms with Crippen molar-refractivity contribution < 1.29 is 4.74 Å². The summed E-state index contributed by atoms with van der Waals surface area (Å²) >= 11 is 9.04. The van der Waals surface area contributed by atoms with E-state index >= 15 is 0 Å². The first-order valence-corrected chi connectivity index (χ1v) is 6.40. The minimum Gasteiger partial charge on any atom is -0.381 e. The van der Waals surface area contributed by atoms with Gasteiger partial charge in [0.1, 0.15) is 5.82 Å². The van der Waals surface area contributed by atoms with Crippen LogP contribution in [0, 0.1) is 0 Å². The predicted molar refractivity (Wildman–Crippen MR) is 69.0 cm³/mol. The molecule has 1 rings (SSSR count). The molecule has 0 aliphatic carbocycles. The molecule has 0 unspecified atom stereocenters. The Kier molecular flexibility index (Phi) is 6.68. The molecule has 0 saturated heterocycles. The van der Waals surface area contributed by atoms with Crippen molar-refractivity contribution in [1.29, 1.82) is 0 Å². The maximum Gasteiger partial charge on any atom is 0.224 e. The second-order valence-corrected chi connectivity index (χ2v) is 4.42. The lowest BCUT2D eigenvalue weighted by atomic mass is 10.4. The smallest absolute Gasteiger partial charge is 0.224 e. The fourth-order valence-corrected chi connectivity index (χ4v) is 1.56. The van der Waals surface area contributed by atoms with E-state index in [-0.39, 0.29) is 5.28 Å². The molecule has 0 amide bonds. The average Bonchev–Trinajstić information content (AvgIpc) is 2.28. The number of hydrogen-bond acceptors (Lipinski definition) is 4. The van der Waals surface area contributed by atoms with Gasteiger partial charge in [0.15, 0.2) is 0 Å². The molecular formula is C10H15BrClN3O. The summed E-state index contributed by atoms with van der Waals surface area (Å²) in [5.41, 5.74) is 0. The zero-order chi connectivity index (χ0) is 11.8. The van der Waals surface area contributed by atoms with Crippen LogP contribution in [-0.4, -0.2) is 29.7 Å². The molecule has 0 atom stereocenters. The number of rotatable bonds is 7. The van der Waals surface area contributed by atoms with E-state index in [9.17, 15) is 0 Å². The van der Waals surface area contributed by atoms with Crippen molar-refractivity contribution in [2.24, 2.45) is 0 Å². The minimum absolute atomic E-state index is 0.243. The Morgan fingerprint density at radius 1 is 1.50 bits per heavy atom. The molecule has 4 nitrogen and oxygen atoms in total. The first kappa shape index (κ1) is 13.7. The van der Waals surface area contributed by atoms with Crippen molar-refractivity contribution in [2.75, 3.05) is 25.1 Å². The van der Waals surface area contributed by atoms with Crippen molar-refractivity contribution in [3.8, 4) is 0 Å². The lowest BCUT2D eigenvalue weighted by molar-refractivity contribution is 0.134. The van der Waals surface area contributed by atoms with Gasteiger partial charge in [-0.25, -0.2) is 4.98 Å².